The average Bonchev–Trinajstić information content (AvgIpc) is 2.11. The van der Waals surface area contributed by atoms with Gasteiger partial charge in [-0.05, 0) is 20.3 Å². The van der Waals surface area contributed by atoms with E-state index >= 15 is 0 Å². The molecule has 94 valence electrons. The SMILES string of the molecule is CC(=O)C(C)C(C)C(C)([N+](=O)[O-])P(C)(C)=O. The van der Waals surface area contributed by atoms with Crippen LogP contribution in [0.2, 0.25) is 0 Å². The molecule has 6 heteroatoms. The van der Waals surface area contributed by atoms with E-state index < -0.39 is 29.2 Å². The highest BCUT2D eigenvalue weighted by molar-refractivity contribution is 7.63. The molecule has 0 aromatic carbocycles. The minimum atomic E-state index is -2.94. The molecule has 0 saturated carbocycles. The highest BCUT2D eigenvalue weighted by Gasteiger charge is 2.55. The normalized spacial score (nSPS) is 19.6. The van der Waals surface area contributed by atoms with Crippen LogP contribution in [0.25, 0.3) is 0 Å². The van der Waals surface area contributed by atoms with Crippen molar-refractivity contribution in [2.45, 2.75) is 33.0 Å². The van der Waals surface area contributed by atoms with E-state index in [9.17, 15) is 19.5 Å². The molecular weight excluding hydrogens is 229 g/mol. The maximum absolute atomic E-state index is 12.1. The monoisotopic (exact) mass is 249 g/mol. The zero-order chi connectivity index (χ0) is 13.3. The van der Waals surface area contributed by atoms with Crippen LogP contribution in [0.3, 0.4) is 0 Å². The summed E-state index contributed by atoms with van der Waals surface area (Å²) < 4.78 is 12.1. The Morgan fingerprint density at radius 1 is 1.38 bits per heavy atom. The molecule has 0 rings (SSSR count). The highest BCUT2D eigenvalue weighted by Crippen LogP contribution is 2.56. The zero-order valence-electron chi connectivity index (χ0n) is 10.7. The molecule has 0 aliphatic rings. The van der Waals surface area contributed by atoms with Crippen molar-refractivity contribution in [3.8, 4) is 0 Å². The average molecular weight is 249 g/mol. The molecule has 0 aliphatic carbocycles. The van der Waals surface area contributed by atoms with Gasteiger partial charge < -0.3 is 4.57 Å². The van der Waals surface area contributed by atoms with Gasteiger partial charge in [0.2, 0.25) is 0 Å². The van der Waals surface area contributed by atoms with Crippen LogP contribution in [-0.2, 0) is 9.36 Å². The molecule has 0 amide bonds. The van der Waals surface area contributed by atoms with E-state index in [1.807, 2.05) is 0 Å². The summed E-state index contributed by atoms with van der Waals surface area (Å²) in [6.07, 6.45) is 0. The number of carbonyl (C=O) groups is 1. The second-order valence-electron chi connectivity index (χ2n) is 4.89. The summed E-state index contributed by atoms with van der Waals surface area (Å²) in [6, 6.07) is 0. The third kappa shape index (κ3) is 2.51. The summed E-state index contributed by atoms with van der Waals surface area (Å²) in [5.74, 6) is -1.14. The smallest absolute Gasteiger partial charge is 0.271 e. The van der Waals surface area contributed by atoms with Crippen LogP contribution in [0.5, 0.6) is 0 Å². The van der Waals surface area contributed by atoms with Crippen molar-refractivity contribution >= 4 is 12.9 Å². The molecule has 16 heavy (non-hydrogen) atoms. The number of carbonyl (C=O) groups excluding carboxylic acids is 1. The molecular formula is C10H20NO4P. The van der Waals surface area contributed by atoms with Crippen LogP contribution in [0.15, 0.2) is 0 Å². The summed E-state index contributed by atoms with van der Waals surface area (Å²) in [7, 11) is -2.94. The molecule has 0 aromatic rings. The predicted octanol–water partition coefficient (Wildman–Crippen LogP) is 2.46. The maximum atomic E-state index is 12.1. The number of ketones is 1. The Morgan fingerprint density at radius 2 is 1.75 bits per heavy atom. The first-order valence-corrected chi connectivity index (χ1v) is 7.76. The molecule has 0 aromatic heterocycles. The van der Waals surface area contributed by atoms with Gasteiger partial charge in [-0.1, -0.05) is 13.8 Å². The van der Waals surface area contributed by atoms with Gasteiger partial charge in [0.05, 0.1) is 0 Å². The number of rotatable bonds is 5. The molecule has 0 radical (unpaired) electrons. The van der Waals surface area contributed by atoms with E-state index in [-0.39, 0.29) is 5.78 Å². The van der Waals surface area contributed by atoms with E-state index in [4.69, 9.17) is 0 Å². The molecule has 0 N–H and O–H groups in total. The lowest BCUT2D eigenvalue weighted by Crippen LogP contribution is -2.45. The van der Waals surface area contributed by atoms with Gasteiger partial charge in [0.25, 0.3) is 5.28 Å². The number of nitrogens with zero attached hydrogens (tertiary/aromatic N) is 1. The van der Waals surface area contributed by atoms with Crippen LogP contribution in [-0.4, -0.2) is 29.3 Å². The van der Waals surface area contributed by atoms with Crippen molar-refractivity contribution < 1.29 is 14.3 Å². The second kappa shape index (κ2) is 4.66. The number of Topliss-reactive ketones (excluding diaryl/α,β-unsaturated/α-hetero) is 1. The van der Waals surface area contributed by atoms with Crippen molar-refractivity contribution in [1.29, 1.82) is 0 Å². The van der Waals surface area contributed by atoms with Crippen molar-refractivity contribution in [2.24, 2.45) is 11.8 Å². The summed E-state index contributed by atoms with van der Waals surface area (Å²) in [5, 5.41) is 9.61. The van der Waals surface area contributed by atoms with Gasteiger partial charge in [-0.15, -0.1) is 0 Å². The molecule has 0 fully saturated rings. The van der Waals surface area contributed by atoms with Crippen molar-refractivity contribution in [2.75, 3.05) is 13.3 Å². The lowest BCUT2D eigenvalue weighted by Gasteiger charge is -2.33. The first-order valence-electron chi connectivity index (χ1n) is 5.16. The molecule has 3 atom stereocenters. The minimum absolute atomic E-state index is 0.117. The maximum Gasteiger partial charge on any atom is 0.271 e. The quantitative estimate of drug-likeness (QED) is 0.426. The molecule has 0 saturated heterocycles. The van der Waals surface area contributed by atoms with Crippen LogP contribution < -0.4 is 0 Å². The second-order valence-corrected chi connectivity index (χ2v) is 8.50. The Morgan fingerprint density at radius 3 is 1.94 bits per heavy atom. The summed E-state index contributed by atoms with van der Waals surface area (Å²) in [4.78, 5) is 21.9. The number of hydrogen-bond donors (Lipinski definition) is 0. The molecule has 0 aliphatic heterocycles. The Hall–Kier alpha value is -0.700. The summed E-state index contributed by atoms with van der Waals surface area (Å²) in [5.41, 5.74) is 0. The van der Waals surface area contributed by atoms with Gasteiger partial charge in [-0.25, -0.2) is 0 Å². The lowest BCUT2D eigenvalue weighted by atomic mass is 9.87. The van der Waals surface area contributed by atoms with E-state index in [2.05, 4.69) is 0 Å². The fourth-order valence-electron chi connectivity index (χ4n) is 1.68. The van der Waals surface area contributed by atoms with Crippen molar-refractivity contribution in [3.05, 3.63) is 10.1 Å². The Bertz CT molecular complexity index is 349. The largest absolute Gasteiger partial charge is 0.317 e. The van der Waals surface area contributed by atoms with Crippen LogP contribution in [0, 0.1) is 22.0 Å². The molecule has 0 spiro atoms. The third-order valence-electron chi connectivity index (χ3n) is 3.71. The van der Waals surface area contributed by atoms with Gasteiger partial charge in [-0.3, -0.25) is 14.9 Å². The third-order valence-corrected chi connectivity index (χ3v) is 6.46. The first-order chi connectivity index (χ1) is 6.96. The Kier molecular flexibility index (Phi) is 4.46. The fraction of sp³-hybridized carbons (Fsp3) is 0.900. The van der Waals surface area contributed by atoms with E-state index in [1.165, 1.54) is 27.2 Å². The van der Waals surface area contributed by atoms with E-state index in [0.29, 0.717) is 0 Å². The Labute approximate surface area is 96.1 Å². The topological polar surface area (TPSA) is 77.3 Å². The standard InChI is InChI=1S/C10H20NO4P/c1-7(9(3)12)8(2)10(4,11(13)14)16(5,6)15/h7-8H,1-6H3. The van der Waals surface area contributed by atoms with Crippen LogP contribution in [0.1, 0.15) is 27.7 Å². The summed E-state index contributed by atoms with van der Waals surface area (Å²) >= 11 is 0. The van der Waals surface area contributed by atoms with Crippen molar-refractivity contribution in [3.63, 3.8) is 0 Å². The molecule has 5 nitrogen and oxygen atoms in total. The molecule has 0 heterocycles. The number of hydrogen-bond acceptors (Lipinski definition) is 4. The van der Waals surface area contributed by atoms with Crippen LogP contribution >= 0.6 is 7.14 Å². The zero-order valence-corrected chi connectivity index (χ0v) is 11.6. The van der Waals surface area contributed by atoms with E-state index in [0.717, 1.165) is 0 Å². The van der Waals surface area contributed by atoms with Crippen LogP contribution in [0.4, 0.5) is 0 Å². The highest BCUT2D eigenvalue weighted by atomic mass is 31.2. The lowest BCUT2D eigenvalue weighted by molar-refractivity contribution is -0.548. The van der Waals surface area contributed by atoms with Gasteiger partial charge in [0, 0.05) is 23.7 Å². The number of nitro groups is 1. The first kappa shape index (κ1) is 15.3. The fourth-order valence-corrected chi connectivity index (χ4v) is 3.28. The minimum Gasteiger partial charge on any atom is -0.317 e. The van der Waals surface area contributed by atoms with Gasteiger partial charge in [0.1, 0.15) is 5.78 Å². The molecule has 0 bridgehead atoms. The molecule has 3 unspecified atom stereocenters. The summed E-state index contributed by atoms with van der Waals surface area (Å²) in [6.45, 7) is 8.84. The van der Waals surface area contributed by atoms with Gasteiger partial charge >= 0.3 is 0 Å². The Balaban J connectivity index is 5.49. The van der Waals surface area contributed by atoms with E-state index in [1.54, 1.807) is 13.8 Å². The van der Waals surface area contributed by atoms with Gasteiger partial charge in [0.15, 0.2) is 7.14 Å². The van der Waals surface area contributed by atoms with Gasteiger partial charge in [-0.2, -0.15) is 0 Å². The van der Waals surface area contributed by atoms with Crippen molar-refractivity contribution in [1.82, 2.24) is 0 Å². The predicted molar refractivity (Wildman–Crippen MR) is 63.9 cm³/mol.